The molecule has 9 nitrogen and oxygen atoms in total. The van der Waals surface area contributed by atoms with E-state index in [4.69, 9.17) is 4.74 Å². The summed E-state index contributed by atoms with van der Waals surface area (Å²) in [5, 5.41) is 9.31. The van der Waals surface area contributed by atoms with Crippen molar-refractivity contribution in [3.8, 4) is 11.3 Å². The minimum absolute atomic E-state index is 0. The summed E-state index contributed by atoms with van der Waals surface area (Å²) in [6.07, 6.45) is 2.67. The largest absolute Gasteiger partial charge is 0.383 e. The molecule has 1 saturated heterocycles. The molecule has 0 radical (unpaired) electrons. The molecule has 1 aliphatic heterocycles. The molecule has 208 valence electrons. The van der Waals surface area contributed by atoms with Crippen LogP contribution in [-0.2, 0) is 25.8 Å². The first kappa shape index (κ1) is 33.1. The number of ether oxygens (including phenoxy) is 1. The molecule has 0 aliphatic carbocycles. The van der Waals surface area contributed by atoms with Gasteiger partial charge in [0, 0.05) is 44.9 Å². The number of nitrogens with zero attached hydrogens (tertiary/aromatic N) is 3. The summed E-state index contributed by atoms with van der Waals surface area (Å²) < 4.78 is 56.5. The summed E-state index contributed by atoms with van der Waals surface area (Å²) >= 11 is 0. The normalized spacial score (nSPS) is 15.8. The molecule has 1 fully saturated rings. The van der Waals surface area contributed by atoms with E-state index in [1.165, 1.54) is 24.5 Å². The van der Waals surface area contributed by atoms with Crippen LogP contribution in [0.25, 0.3) is 11.3 Å². The van der Waals surface area contributed by atoms with E-state index in [1.807, 2.05) is 4.90 Å². The zero-order valence-electron chi connectivity index (χ0n) is 20.5. The van der Waals surface area contributed by atoms with Crippen LogP contribution in [0.15, 0.2) is 41.6 Å². The average Bonchev–Trinajstić information content (AvgIpc) is 2.86. The molecule has 1 aliphatic rings. The van der Waals surface area contributed by atoms with Gasteiger partial charge in [-0.2, -0.15) is 0 Å². The lowest BCUT2D eigenvalue weighted by molar-refractivity contribution is -0.133. The maximum absolute atomic E-state index is 13.6. The highest BCUT2D eigenvalue weighted by atomic mass is 35.5. The molecule has 0 unspecified atom stereocenters. The van der Waals surface area contributed by atoms with Gasteiger partial charge in [0.25, 0.3) is 5.91 Å². The van der Waals surface area contributed by atoms with Crippen LogP contribution in [0, 0.1) is 0 Å². The lowest BCUT2D eigenvalue weighted by Crippen LogP contribution is -2.58. The van der Waals surface area contributed by atoms with E-state index in [9.17, 15) is 27.2 Å². The maximum Gasteiger partial charge on any atom is 0.265 e. The van der Waals surface area contributed by atoms with Crippen molar-refractivity contribution in [2.24, 2.45) is 0 Å². The zero-order chi connectivity index (χ0) is 25.7. The number of hydrogen-bond acceptors (Lipinski definition) is 8. The van der Waals surface area contributed by atoms with E-state index in [-0.39, 0.29) is 55.4 Å². The van der Waals surface area contributed by atoms with Gasteiger partial charge in [-0.3, -0.25) is 20.0 Å². The molecule has 1 amide bonds. The van der Waals surface area contributed by atoms with E-state index >= 15 is 0 Å². The number of hydroxylamine groups is 1. The standard InChI is InChI=1S/C23H30F2N4O5S.2ClH/c1-22(24,25)8-7-18-15-27-20(16-26-18)17-3-5-19(6-4-17)35(32,33)23(21(30)28-31)9-11-29(12-10-23)13-14-34-2;;/h3-6,15-16,31H,7-14H2,1-2H3,(H,28,30);2*1H. The van der Waals surface area contributed by atoms with Crippen LogP contribution >= 0.6 is 24.8 Å². The first-order valence-electron chi connectivity index (χ1n) is 11.2. The number of sulfone groups is 1. The lowest BCUT2D eigenvalue weighted by Gasteiger charge is -2.39. The van der Waals surface area contributed by atoms with Crippen LogP contribution in [0.5, 0.6) is 0 Å². The Balaban J connectivity index is 0.00000342. The van der Waals surface area contributed by atoms with Crippen molar-refractivity contribution in [1.82, 2.24) is 20.3 Å². The summed E-state index contributed by atoms with van der Waals surface area (Å²) in [5.74, 6) is -3.74. The molecular formula is C23H32Cl2F2N4O5S. The number of hydrogen-bond donors (Lipinski definition) is 2. The summed E-state index contributed by atoms with van der Waals surface area (Å²) in [5.41, 5.74) is 3.01. The number of halogens is 4. The zero-order valence-corrected chi connectivity index (χ0v) is 23.0. The summed E-state index contributed by atoms with van der Waals surface area (Å²) in [6, 6.07) is 5.88. The number of benzene rings is 1. The van der Waals surface area contributed by atoms with E-state index in [0.29, 0.717) is 43.2 Å². The van der Waals surface area contributed by atoms with Gasteiger partial charge in [-0.15, -0.1) is 24.8 Å². The molecule has 0 saturated carbocycles. The molecule has 2 N–H and O–H groups in total. The Hall–Kier alpha value is -1.96. The number of alkyl halides is 2. The Morgan fingerprint density at radius 2 is 1.78 bits per heavy atom. The van der Waals surface area contributed by atoms with Crippen molar-refractivity contribution in [1.29, 1.82) is 0 Å². The maximum atomic E-state index is 13.6. The van der Waals surface area contributed by atoms with Gasteiger partial charge in [-0.25, -0.2) is 22.7 Å². The third kappa shape index (κ3) is 7.78. The third-order valence-electron chi connectivity index (χ3n) is 6.29. The smallest absolute Gasteiger partial charge is 0.265 e. The highest BCUT2D eigenvalue weighted by Gasteiger charge is 2.52. The molecule has 1 aromatic heterocycles. The van der Waals surface area contributed by atoms with Gasteiger partial charge in [0.2, 0.25) is 5.92 Å². The van der Waals surface area contributed by atoms with Crippen molar-refractivity contribution in [3.05, 3.63) is 42.4 Å². The van der Waals surface area contributed by atoms with Crippen LogP contribution < -0.4 is 5.48 Å². The Morgan fingerprint density at radius 1 is 1.16 bits per heavy atom. The Kier molecular flexibility index (Phi) is 12.3. The van der Waals surface area contributed by atoms with Gasteiger partial charge in [0.1, 0.15) is 0 Å². The van der Waals surface area contributed by atoms with Crippen LogP contribution in [0.3, 0.4) is 0 Å². The quantitative estimate of drug-likeness (QED) is 0.322. The molecule has 37 heavy (non-hydrogen) atoms. The predicted octanol–water partition coefficient (Wildman–Crippen LogP) is 3.34. The van der Waals surface area contributed by atoms with Gasteiger partial charge in [-0.1, -0.05) is 12.1 Å². The topological polar surface area (TPSA) is 122 Å². The molecule has 3 rings (SSSR count). The number of likely N-dealkylation sites (tertiary alicyclic amines) is 1. The SMILES string of the molecule is COCCN1CCC(C(=O)NO)(S(=O)(=O)c2ccc(-c3cnc(CCC(C)(F)F)cn3)cc2)CC1.Cl.Cl. The van der Waals surface area contributed by atoms with Gasteiger partial charge >= 0.3 is 0 Å². The number of methoxy groups -OCH3 is 1. The second kappa shape index (κ2) is 13.7. The first-order chi connectivity index (χ1) is 16.5. The lowest BCUT2D eigenvalue weighted by atomic mass is 9.95. The Bertz CT molecular complexity index is 1110. The molecule has 0 atom stereocenters. The fraction of sp³-hybridized carbons (Fsp3) is 0.522. The van der Waals surface area contributed by atoms with Gasteiger partial charge in [0.05, 0.1) is 29.1 Å². The number of piperidine rings is 1. The highest BCUT2D eigenvalue weighted by Crippen LogP contribution is 2.36. The second-order valence-electron chi connectivity index (χ2n) is 8.76. The van der Waals surface area contributed by atoms with Gasteiger partial charge in [-0.05, 0) is 38.3 Å². The summed E-state index contributed by atoms with van der Waals surface area (Å²) in [4.78, 5) is 23.0. The number of carbonyl (C=O) groups is 1. The van der Waals surface area contributed by atoms with Crippen LogP contribution in [0.4, 0.5) is 8.78 Å². The minimum atomic E-state index is -4.14. The molecule has 0 bridgehead atoms. The Morgan fingerprint density at radius 3 is 2.27 bits per heavy atom. The van der Waals surface area contributed by atoms with Gasteiger partial charge < -0.3 is 9.64 Å². The molecule has 1 aromatic carbocycles. The van der Waals surface area contributed by atoms with Crippen molar-refractivity contribution in [2.75, 3.05) is 33.4 Å². The number of amides is 1. The van der Waals surface area contributed by atoms with Crippen LogP contribution in [0.1, 0.15) is 31.9 Å². The highest BCUT2D eigenvalue weighted by molar-refractivity contribution is 7.93. The predicted molar refractivity (Wildman–Crippen MR) is 138 cm³/mol. The minimum Gasteiger partial charge on any atom is -0.383 e. The molecule has 14 heteroatoms. The van der Waals surface area contributed by atoms with E-state index in [1.54, 1.807) is 24.7 Å². The van der Waals surface area contributed by atoms with Crippen LogP contribution in [0.2, 0.25) is 0 Å². The molecular weight excluding hydrogens is 553 g/mol. The fourth-order valence-corrected chi connectivity index (χ4v) is 6.04. The van der Waals surface area contributed by atoms with Crippen molar-refractivity contribution >= 4 is 40.6 Å². The van der Waals surface area contributed by atoms with Crippen molar-refractivity contribution in [3.63, 3.8) is 0 Å². The average molecular weight is 586 g/mol. The number of carbonyl (C=O) groups excluding carboxylic acids is 1. The number of nitrogens with one attached hydrogen (secondary N) is 1. The molecule has 2 heterocycles. The van der Waals surface area contributed by atoms with Crippen LogP contribution in [-0.4, -0.2) is 78.4 Å². The van der Waals surface area contributed by atoms with Crippen molar-refractivity contribution < 1.29 is 31.9 Å². The van der Waals surface area contributed by atoms with Gasteiger partial charge in [0.15, 0.2) is 14.6 Å². The Labute approximate surface area is 227 Å². The van der Waals surface area contributed by atoms with E-state index in [2.05, 4.69) is 9.97 Å². The first-order valence-corrected chi connectivity index (χ1v) is 12.7. The number of aromatic nitrogens is 2. The molecule has 2 aromatic rings. The van der Waals surface area contributed by atoms with E-state index in [0.717, 1.165) is 6.92 Å². The summed E-state index contributed by atoms with van der Waals surface area (Å²) in [6.45, 7) is 2.68. The fourth-order valence-electron chi connectivity index (χ4n) is 4.09. The third-order valence-corrected chi connectivity index (χ3v) is 8.81. The number of aryl methyl sites for hydroxylation is 1. The second-order valence-corrected chi connectivity index (χ2v) is 11.0. The summed E-state index contributed by atoms with van der Waals surface area (Å²) in [7, 11) is -2.56. The van der Waals surface area contributed by atoms with Crippen molar-refractivity contribution in [2.45, 2.75) is 48.2 Å². The van der Waals surface area contributed by atoms with E-state index < -0.39 is 26.4 Å². The number of rotatable bonds is 10. The monoisotopic (exact) mass is 584 g/mol. The molecule has 0 spiro atoms.